The van der Waals surface area contributed by atoms with Crippen molar-refractivity contribution >= 4 is 5.69 Å². The first-order chi connectivity index (χ1) is 7.22. The summed E-state index contributed by atoms with van der Waals surface area (Å²) in [5.41, 5.74) is 2.41. The minimum atomic E-state index is 0.205. The number of benzene rings is 1. The van der Waals surface area contributed by atoms with Crippen molar-refractivity contribution in [2.45, 2.75) is 26.4 Å². The summed E-state index contributed by atoms with van der Waals surface area (Å²) in [6.07, 6.45) is 3.36. The minimum Gasteiger partial charge on any atom is -0.484 e. The molecule has 15 heavy (non-hydrogen) atoms. The van der Waals surface area contributed by atoms with Crippen LogP contribution < -0.4 is 9.64 Å². The second kappa shape index (κ2) is 3.97. The summed E-state index contributed by atoms with van der Waals surface area (Å²) in [7, 11) is 2.06. The largest absolute Gasteiger partial charge is 0.484 e. The first kappa shape index (κ1) is 10.1. The van der Waals surface area contributed by atoms with Gasteiger partial charge in [-0.3, -0.25) is 0 Å². The van der Waals surface area contributed by atoms with Gasteiger partial charge in [-0.2, -0.15) is 0 Å². The van der Waals surface area contributed by atoms with E-state index in [-0.39, 0.29) is 6.10 Å². The summed E-state index contributed by atoms with van der Waals surface area (Å²) in [6, 6.07) is 8.16. The predicted octanol–water partition coefficient (Wildman–Crippen LogP) is 3.20. The second-order valence-corrected chi connectivity index (χ2v) is 3.97. The SMILES string of the molecule is CCC1Oc2ccccc2N(C)C=C1C. The molecule has 1 aliphatic rings. The van der Waals surface area contributed by atoms with E-state index in [0.717, 1.165) is 17.9 Å². The van der Waals surface area contributed by atoms with Gasteiger partial charge in [0, 0.05) is 13.2 Å². The van der Waals surface area contributed by atoms with E-state index in [1.54, 1.807) is 0 Å². The van der Waals surface area contributed by atoms with Crippen LogP contribution in [0.2, 0.25) is 0 Å². The van der Waals surface area contributed by atoms with Crippen molar-refractivity contribution in [2.75, 3.05) is 11.9 Å². The van der Waals surface area contributed by atoms with Crippen LogP contribution in [0.5, 0.6) is 5.75 Å². The predicted molar refractivity (Wildman–Crippen MR) is 63.3 cm³/mol. The third-order valence-corrected chi connectivity index (χ3v) is 2.79. The van der Waals surface area contributed by atoms with Gasteiger partial charge in [0.05, 0.1) is 5.69 Å². The van der Waals surface area contributed by atoms with E-state index in [1.807, 2.05) is 18.2 Å². The molecule has 2 rings (SSSR count). The molecule has 1 atom stereocenters. The molecule has 0 radical (unpaired) electrons. The van der Waals surface area contributed by atoms with Gasteiger partial charge in [-0.05, 0) is 31.1 Å². The number of ether oxygens (including phenoxy) is 1. The fraction of sp³-hybridized carbons (Fsp3) is 0.385. The maximum Gasteiger partial charge on any atom is 0.143 e. The summed E-state index contributed by atoms with van der Waals surface area (Å²) < 4.78 is 5.98. The van der Waals surface area contributed by atoms with Crippen LogP contribution in [0.25, 0.3) is 0 Å². The van der Waals surface area contributed by atoms with Gasteiger partial charge in [-0.25, -0.2) is 0 Å². The Labute approximate surface area is 91.2 Å². The molecule has 1 aliphatic heterocycles. The highest BCUT2D eigenvalue weighted by Crippen LogP contribution is 2.32. The lowest BCUT2D eigenvalue weighted by molar-refractivity contribution is 0.236. The Morgan fingerprint density at radius 3 is 2.80 bits per heavy atom. The van der Waals surface area contributed by atoms with Gasteiger partial charge in [0.1, 0.15) is 11.9 Å². The van der Waals surface area contributed by atoms with Gasteiger partial charge in [0.25, 0.3) is 0 Å². The zero-order valence-corrected chi connectivity index (χ0v) is 9.53. The molecule has 0 spiro atoms. The van der Waals surface area contributed by atoms with Gasteiger partial charge in [-0.15, -0.1) is 0 Å². The molecule has 0 amide bonds. The summed E-state index contributed by atoms with van der Waals surface area (Å²) in [5, 5.41) is 0. The number of hydrogen-bond donors (Lipinski definition) is 0. The molecule has 0 bridgehead atoms. The van der Waals surface area contributed by atoms with E-state index in [4.69, 9.17) is 4.74 Å². The highest BCUT2D eigenvalue weighted by Gasteiger charge is 2.18. The lowest BCUT2D eigenvalue weighted by Gasteiger charge is -2.17. The van der Waals surface area contributed by atoms with E-state index in [0.29, 0.717) is 0 Å². The van der Waals surface area contributed by atoms with Crippen LogP contribution in [0, 0.1) is 0 Å². The second-order valence-electron chi connectivity index (χ2n) is 3.97. The van der Waals surface area contributed by atoms with Gasteiger partial charge in [0.15, 0.2) is 0 Å². The van der Waals surface area contributed by atoms with E-state index in [1.165, 1.54) is 5.57 Å². The topological polar surface area (TPSA) is 12.5 Å². The van der Waals surface area contributed by atoms with Crippen LogP contribution in [0.15, 0.2) is 36.0 Å². The standard InChI is InChI=1S/C13H17NO/c1-4-12-10(2)9-14(3)11-7-5-6-8-13(11)15-12/h5-9,12H,4H2,1-3H3. The number of rotatable bonds is 1. The van der Waals surface area contributed by atoms with Gasteiger partial charge in [-0.1, -0.05) is 19.1 Å². The van der Waals surface area contributed by atoms with Crippen LogP contribution in [0.3, 0.4) is 0 Å². The Kier molecular flexibility index (Phi) is 2.67. The summed E-state index contributed by atoms with van der Waals surface area (Å²) >= 11 is 0. The zero-order valence-electron chi connectivity index (χ0n) is 9.53. The molecule has 1 aromatic rings. The Morgan fingerprint density at radius 2 is 2.07 bits per heavy atom. The van der Waals surface area contributed by atoms with Crippen molar-refractivity contribution < 1.29 is 4.74 Å². The lowest BCUT2D eigenvalue weighted by atomic mass is 10.1. The van der Waals surface area contributed by atoms with E-state index in [2.05, 4.69) is 38.1 Å². The Balaban J connectivity index is 2.43. The molecule has 0 N–H and O–H groups in total. The number of para-hydroxylation sites is 2. The van der Waals surface area contributed by atoms with Gasteiger partial charge in [0.2, 0.25) is 0 Å². The maximum atomic E-state index is 5.98. The number of hydrogen-bond acceptors (Lipinski definition) is 2. The third kappa shape index (κ3) is 1.84. The lowest BCUT2D eigenvalue weighted by Crippen LogP contribution is -2.15. The molecule has 1 unspecified atom stereocenters. The molecule has 2 nitrogen and oxygen atoms in total. The molecular weight excluding hydrogens is 186 g/mol. The van der Waals surface area contributed by atoms with Crippen LogP contribution in [-0.2, 0) is 0 Å². The average Bonchev–Trinajstić information content (AvgIpc) is 2.36. The van der Waals surface area contributed by atoms with E-state index >= 15 is 0 Å². The van der Waals surface area contributed by atoms with Crippen molar-refractivity contribution in [3.63, 3.8) is 0 Å². The van der Waals surface area contributed by atoms with Crippen molar-refractivity contribution in [3.8, 4) is 5.75 Å². The van der Waals surface area contributed by atoms with E-state index < -0.39 is 0 Å². The third-order valence-electron chi connectivity index (χ3n) is 2.79. The van der Waals surface area contributed by atoms with Crippen LogP contribution in [0.4, 0.5) is 5.69 Å². The number of nitrogens with zero attached hydrogens (tertiary/aromatic N) is 1. The first-order valence-corrected chi connectivity index (χ1v) is 5.39. The molecule has 0 aromatic heterocycles. The van der Waals surface area contributed by atoms with Crippen LogP contribution in [0.1, 0.15) is 20.3 Å². The Morgan fingerprint density at radius 1 is 1.33 bits per heavy atom. The maximum absolute atomic E-state index is 5.98. The van der Waals surface area contributed by atoms with Crippen LogP contribution >= 0.6 is 0 Å². The molecule has 1 aromatic carbocycles. The van der Waals surface area contributed by atoms with Crippen molar-refractivity contribution in [1.82, 2.24) is 0 Å². The number of fused-ring (bicyclic) bond motifs is 1. The summed E-state index contributed by atoms with van der Waals surface area (Å²) in [6.45, 7) is 4.27. The highest BCUT2D eigenvalue weighted by atomic mass is 16.5. The normalized spacial score (nSPS) is 20.1. The fourth-order valence-corrected chi connectivity index (χ4v) is 1.96. The summed E-state index contributed by atoms with van der Waals surface area (Å²) in [5.74, 6) is 0.972. The molecular formula is C13H17NO. The molecule has 0 fully saturated rings. The molecule has 0 aliphatic carbocycles. The van der Waals surface area contributed by atoms with Gasteiger partial charge >= 0.3 is 0 Å². The molecule has 0 saturated carbocycles. The molecule has 2 heteroatoms. The number of anilines is 1. The Bertz CT molecular complexity index is 384. The smallest absolute Gasteiger partial charge is 0.143 e. The van der Waals surface area contributed by atoms with Crippen LogP contribution in [-0.4, -0.2) is 13.2 Å². The minimum absolute atomic E-state index is 0.205. The molecule has 0 saturated heterocycles. The zero-order chi connectivity index (χ0) is 10.8. The first-order valence-electron chi connectivity index (χ1n) is 5.39. The highest BCUT2D eigenvalue weighted by molar-refractivity contribution is 5.61. The summed E-state index contributed by atoms with van der Waals surface area (Å²) in [4.78, 5) is 2.13. The quantitative estimate of drug-likeness (QED) is 0.695. The molecule has 80 valence electrons. The molecule has 1 heterocycles. The Hall–Kier alpha value is -1.44. The fourth-order valence-electron chi connectivity index (χ4n) is 1.96. The van der Waals surface area contributed by atoms with Crippen molar-refractivity contribution in [1.29, 1.82) is 0 Å². The van der Waals surface area contributed by atoms with E-state index in [9.17, 15) is 0 Å². The van der Waals surface area contributed by atoms with Crippen molar-refractivity contribution in [3.05, 3.63) is 36.0 Å². The van der Waals surface area contributed by atoms with Crippen molar-refractivity contribution in [2.24, 2.45) is 0 Å². The average molecular weight is 203 g/mol. The monoisotopic (exact) mass is 203 g/mol. The van der Waals surface area contributed by atoms with Gasteiger partial charge < -0.3 is 9.64 Å².